The van der Waals surface area contributed by atoms with Gasteiger partial charge in [-0.3, -0.25) is 24.0 Å². The normalized spacial score (nSPS) is 10.8. The number of rotatable bonds is 37. The third kappa shape index (κ3) is 29.7. The van der Waals surface area contributed by atoms with Crippen LogP contribution in [0.2, 0.25) is 0 Å². The van der Waals surface area contributed by atoms with Gasteiger partial charge in [-0.25, -0.2) is 0 Å². The minimum Gasteiger partial charge on any atom is -0.493 e. The van der Waals surface area contributed by atoms with Gasteiger partial charge in [0.15, 0.2) is 0 Å². The molecule has 0 saturated carbocycles. The van der Waals surface area contributed by atoms with Crippen LogP contribution in [0.4, 0.5) is 0 Å². The Morgan fingerprint density at radius 1 is 0.434 bits per heavy atom. The van der Waals surface area contributed by atoms with Crippen LogP contribution in [0.1, 0.15) is 185 Å². The predicted octanol–water partition coefficient (Wildman–Crippen LogP) is 10.2. The average molecular weight is 747 g/mol. The number of benzene rings is 1. The van der Waals surface area contributed by atoms with E-state index in [1.807, 2.05) is 0 Å². The number of hydrogen-bond donors (Lipinski definition) is 0. The smallest absolute Gasteiger partial charge is 0.305 e. The number of carbonyl (C=O) groups is 5. The summed E-state index contributed by atoms with van der Waals surface area (Å²) in [6, 6.07) is 4.90. The van der Waals surface area contributed by atoms with E-state index in [0.29, 0.717) is 87.1 Å². The largest absolute Gasteiger partial charge is 0.493 e. The van der Waals surface area contributed by atoms with Gasteiger partial charge in [-0.05, 0) is 44.2 Å². The highest BCUT2D eigenvalue weighted by Gasteiger charge is 2.09. The molecule has 0 spiro atoms. The van der Waals surface area contributed by atoms with E-state index < -0.39 is 0 Å². The number of unbranched alkanes of at least 4 members (excludes halogenated alkanes) is 14. The van der Waals surface area contributed by atoms with Crippen LogP contribution in [0.3, 0.4) is 0 Å². The van der Waals surface area contributed by atoms with Gasteiger partial charge in [0.2, 0.25) is 0 Å². The van der Waals surface area contributed by atoms with Gasteiger partial charge in [0.05, 0.1) is 33.0 Å². The molecule has 0 N–H and O–H groups in total. The van der Waals surface area contributed by atoms with Gasteiger partial charge in [0.25, 0.3) is 0 Å². The molecule has 302 valence electrons. The van der Waals surface area contributed by atoms with E-state index in [9.17, 15) is 24.0 Å². The lowest BCUT2D eigenvalue weighted by Crippen LogP contribution is -2.11. The van der Waals surface area contributed by atoms with Crippen molar-refractivity contribution in [3.05, 3.63) is 23.8 Å². The number of ether oxygens (including phenoxy) is 5. The zero-order valence-corrected chi connectivity index (χ0v) is 33.1. The summed E-state index contributed by atoms with van der Waals surface area (Å²) in [5, 5.41) is 0. The Bertz CT molecular complexity index is 1120. The van der Waals surface area contributed by atoms with Gasteiger partial charge in [-0.1, -0.05) is 97.3 Å². The zero-order valence-electron chi connectivity index (χ0n) is 33.1. The summed E-state index contributed by atoms with van der Waals surface area (Å²) in [5.41, 5.74) is 0.401. The minimum absolute atomic E-state index is 0.176. The van der Waals surface area contributed by atoms with E-state index >= 15 is 0 Å². The average Bonchev–Trinajstić information content (AvgIpc) is 3.15. The molecule has 53 heavy (non-hydrogen) atoms. The number of carbonyl (C=O) groups excluding carboxylic acids is 5. The molecule has 0 aromatic heterocycles. The van der Waals surface area contributed by atoms with Crippen LogP contribution in [0.25, 0.3) is 0 Å². The van der Waals surface area contributed by atoms with Crippen molar-refractivity contribution in [1.29, 1.82) is 0 Å². The molecule has 0 aliphatic carbocycles. The molecule has 0 aliphatic rings. The number of Topliss-reactive ketones (excluding diaryl/α,β-unsaturated/α-hetero) is 1. The van der Waals surface area contributed by atoms with Gasteiger partial charge in [0.1, 0.15) is 23.6 Å². The summed E-state index contributed by atoms with van der Waals surface area (Å²) in [7, 11) is 0. The molecular formula is C43H70O10. The lowest BCUT2D eigenvalue weighted by molar-refractivity contribution is -0.147. The molecule has 0 bridgehead atoms. The van der Waals surface area contributed by atoms with Crippen LogP contribution >= 0.6 is 0 Å². The number of hydrogen-bond acceptors (Lipinski definition) is 10. The van der Waals surface area contributed by atoms with Gasteiger partial charge in [-0.2, -0.15) is 0 Å². The number of aldehydes is 1. The first-order valence-corrected chi connectivity index (χ1v) is 20.7. The monoisotopic (exact) mass is 746 g/mol. The van der Waals surface area contributed by atoms with Crippen molar-refractivity contribution in [2.75, 3.05) is 33.0 Å². The quantitative estimate of drug-likeness (QED) is 0.0280. The highest BCUT2D eigenvalue weighted by molar-refractivity contribution is 5.78. The molecule has 0 aliphatic heterocycles. The molecule has 0 fully saturated rings. The molecule has 0 unspecified atom stereocenters. The van der Waals surface area contributed by atoms with Crippen molar-refractivity contribution >= 4 is 30.0 Å². The fourth-order valence-electron chi connectivity index (χ4n) is 5.72. The zero-order chi connectivity index (χ0) is 38.6. The minimum atomic E-state index is -0.352. The molecule has 0 heterocycles. The van der Waals surface area contributed by atoms with Crippen molar-refractivity contribution in [2.24, 2.45) is 0 Å². The van der Waals surface area contributed by atoms with Crippen LogP contribution < -0.4 is 9.47 Å². The highest BCUT2D eigenvalue weighted by Crippen LogP contribution is 2.23. The van der Waals surface area contributed by atoms with E-state index in [1.54, 1.807) is 18.2 Å². The Kier molecular flexibility index (Phi) is 30.8. The maximum absolute atomic E-state index is 12.1. The Morgan fingerprint density at radius 2 is 0.792 bits per heavy atom. The fraction of sp³-hybridized carbons (Fsp3) is 0.744. The van der Waals surface area contributed by atoms with E-state index in [1.165, 1.54) is 57.8 Å². The summed E-state index contributed by atoms with van der Waals surface area (Å²) in [5.74, 6) is 0.435. The van der Waals surface area contributed by atoms with E-state index in [-0.39, 0.29) is 50.8 Å². The molecule has 0 saturated heterocycles. The van der Waals surface area contributed by atoms with E-state index in [2.05, 4.69) is 13.8 Å². The van der Waals surface area contributed by atoms with Gasteiger partial charge >= 0.3 is 17.9 Å². The summed E-state index contributed by atoms with van der Waals surface area (Å²) in [6.45, 7) is 5.60. The fourth-order valence-corrected chi connectivity index (χ4v) is 5.72. The third-order valence-corrected chi connectivity index (χ3v) is 8.85. The maximum Gasteiger partial charge on any atom is 0.305 e. The van der Waals surface area contributed by atoms with Gasteiger partial charge in [-0.15, -0.1) is 0 Å². The second-order valence-corrected chi connectivity index (χ2v) is 13.9. The van der Waals surface area contributed by atoms with E-state index in [4.69, 9.17) is 23.7 Å². The van der Waals surface area contributed by atoms with Crippen molar-refractivity contribution in [2.45, 2.75) is 174 Å². The first-order valence-electron chi connectivity index (χ1n) is 20.7. The Balaban J connectivity index is 2.09. The Morgan fingerprint density at radius 3 is 1.23 bits per heavy atom. The molecular weight excluding hydrogens is 676 g/mol. The first kappa shape index (κ1) is 47.6. The Labute approximate surface area is 319 Å². The third-order valence-electron chi connectivity index (χ3n) is 8.85. The van der Waals surface area contributed by atoms with Gasteiger partial charge < -0.3 is 23.7 Å². The number of esters is 3. The molecule has 10 heteroatoms. The summed E-state index contributed by atoms with van der Waals surface area (Å²) < 4.78 is 27.3. The van der Waals surface area contributed by atoms with Crippen molar-refractivity contribution < 1.29 is 47.7 Å². The second-order valence-electron chi connectivity index (χ2n) is 13.9. The van der Waals surface area contributed by atoms with Gasteiger partial charge in [0, 0.05) is 56.6 Å². The molecule has 0 atom stereocenters. The molecule has 1 rings (SSSR count). The molecule has 0 amide bonds. The summed E-state index contributed by atoms with van der Waals surface area (Å²) >= 11 is 0. The SMILES string of the molecule is CCCCCCCCCC(=O)CCCCCC(=O)OCCCOc1cc(C=O)cc(OCCCOC(=O)CCCOC(=O)CCCCCCCCC)c1. The maximum atomic E-state index is 12.1. The van der Waals surface area contributed by atoms with Crippen LogP contribution in [0, 0.1) is 0 Å². The van der Waals surface area contributed by atoms with Crippen molar-refractivity contribution in [3.8, 4) is 11.5 Å². The lowest BCUT2D eigenvalue weighted by atomic mass is 10.0. The Hall–Kier alpha value is -3.43. The second kappa shape index (κ2) is 34.3. The van der Waals surface area contributed by atoms with E-state index in [0.717, 1.165) is 44.9 Å². The first-order chi connectivity index (χ1) is 25.9. The summed E-state index contributed by atoms with van der Waals surface area (Å²) in [6.07, 6.45) is 23.1. The predicted molar refractivity (Wildman–Crippen MR) is 207 cm³/mol. The number of ketones is 1. The van der Waals surface area contributed by atoms with Crippen LogP contribution in [-0.4, -0.2) is 63.0 Å². The standard InChI is InChI=1S/C43H70O10/c1-3-5-7-9-11-13-16-23-38(45)24-17-15-19-26-42(47)52-31-21-29-49-39-33-37(36-44)34-40(35-39)50-30-22-32-53-43(48)27-20-28-51-41(46)25-18-14-12-10-8-6-4-2/h33-36H,3-32H2,1-2H3. The van der Waals surface area contributed by atoms with Crippen molar-refractivity contribution in [3.63, 3.8) is 0 Å². The van der Waals surface area contributed by atoms with Crippen LogP contribution in [-0.2, 0) is 33.4 Å². The molecule has 1 aromatic carbocycles. The molecule has 0 radical (unpaired) electrons. The van der Waals surface area contributed by atoms with Crippen molar-refractivity contribution in [1.82, 2.24) is 0 Å². The topological polar surface area (TPSA) is 132 Å². The van der Waals surface area contributed by atoms with Crippen LogP contribution in [0.15, 0.2) is 18.2 Å². The highest BCUT2D eigenvalue weighted by atomic mass is 16.5. The molecule has 10 nitrogen and oxygen atoms in total. The molecule has 1 aromatic rings. The van der Waals surface area contributed by atoms with Crippen LogP contribution in [0.5, 0.6) is 11.5 Å². The summed E-state index contributed by atoms with van der Waals surface area (Å²) in [4.78, 5) is 59.4. The lowest BCUT2D eigenvalue weighted by Gasteiger charge is -2.11.